The summed E-state index contributed by atoms with van der Waals surface area (Å²) in [5, 5.41) is 3.38. The first-order chi connectivity index (χ1) is 11.3. The molecule has 126 valence electrons. The van der Waals surface area contributed by atoms with E-state index in [4.69, 9.17) is 15.2 Å². The second kappa shape index (κ2) is 8.09. The number of rotatable bonds is 3. The van der Waals surface area contributed by atoms with Gasteiger partial charge in [0.05, 0.1) is 19.8 Å². The number of fused-ring (bicyclic) bond motifs is 1. The van der Waals surface area contributed by atoms with Crippen LogP contribution < -0.4 is 20.5 Å². The Balaban J connectivity index is 1.62. The van der Waals surface area contributed by atoms with E-state index in [1.54, 1.807) is 0 Å². The fourth-order valence-corrected chi connectivity index (χ4v) is 3.23. The molecule has 0 spiro atoms. The van der Waals surface area contributed by atoms with Gasteiger partial charge in [0.2, 0.25) is 0 Å². The van der Waals surface area contributed by atoms with Crippen LogP contribution in [0.2, 0.25) is 0 Å². The predicted octanol–water partition coefficient (Wildman–Crippen LogP) is 2.98. The number of nitrogens with one attached hydrogen (secondary N) is 1. The maximum absolute atomic E-state index is 6.08. The summed E-state index contributed by atoms with van der Waals surface area (Å²) in [6.45, 7) is 1.90. The highest BCUT2D eigenvalue weighted by Gasteiger charge is 2.15. The van der Waals surface area contributed by atoms with Gasteiger partial charge in [-0.25, -0.2) is 4.99 Å². The van der Waals surface area contributed by atoms with Crippen LogP contribution in [0.15, 0.2) is 23.2 Å². The highest BCUT2D eigenvalue weighted by molar-refractivity contribution is 5.78. The molecule has 0 saturated heterocycles. The molecule has 5 heteroatoms. The van der Waals surface area contributed by atoms with Crippen LogP contribution in [0.1, 0.15) is 50.5 Å². The molecule has 2 aliphatic rings. The van der Waals surface area contributed by atoms with Gasteiger partial charge in [-0.05, 0) is 18.9 Å². The number of hydrogen-bond donors (Lipinski definition) is 2. The Morgan fingerprint density at radius 2 is 1.87 bits per heavy atom. The molecule has 1 aromatic carbocycles. The number of ether oxygens (including phenoxy) is 2. The maximum Gasteiger partial charge on any atom is 0.189 e. The Labute approximate surface area is 138 Å². The van der Waals surface area contributed by atoms with Gasteiger partial charge < -0.3 is 20.5 Å². The molecule has 0 bridgehead atoms. The largest absolute Gasteiger partial charge is 0.490 e. The van der Waals surface area contributed by atoms with Crippen molar-refractivity contribution < 1.29 is 9.47 Å². The van der Waals surface area contributed by atoms with Crippen molar-refractivity contribution in [2.24, 2.45) is 10.7 Å². The molecule has 23 heavy (non-hydrogen) atoms. The Morgan fingerprint density at radius 1 is 1.09 bits per heavy atom. The van der Waals surface area contributed by atoms with Crippen LogP contribution in [0.3, 0.4) is 0 Å². The average molecular weight is 317 g/mol. The van der Waals surface area contributed by atoms with E-state index in [0.29, 0.717) is 31.8 Å². The summed E-state index contributed by atoms with van der Waals surface area (Å²) < 4.78 is 11.5. The second-order valence-electron chi connectivity index (χ2n) is 6.33. The molecule has 3 rings (SSSR count). The molecule has 0 aromatic heterocycles. The maximum atomic E-state index is 6.08. The molecule has 1 aliphatic carbocycles. The molecule has 1 aromatic rings. The Kier molecular flexibility index (Phi) is 5.61. The first-order valence-electron chi connectivity index (χ1n) is 8.77. The SMILES string of the molecule is NC(=NCc1cccc2c1OCCCO2)NC1CCCCCC1. The quantitative estimate of drug-likeness (QED) is 0.511. The van der Waals surface area contributed by atoms with Crippen molar-refractivity contribution in [3.05, 3.63) is 23.8 Å². The number of para-hydroxylation sites is 1. The molecule has 0 radical (unpaired) electrons. The fourth-order valence-electron chi connectivity index (χ4n) is 3.23. The number of nitrogens with two attached hydrogens (primary N) is 1. The zero-order valence-electron chi connectivity index (χ0n) is 13.7. The van der Waals surface area contributed by atoms with E-state index in [1.165, 1.54) is 38.5 Å². The lowest BCUT2D eigenvalue weighted by Gasteiger charge is -2.17. The van der Waals surface area contributed by atoms with Crippen LogP contribution in [0.4, 0.5) is 0 Å². The third kappa shape index (κ3) is 4.53. The highest BCUT2D eigenvalue weighted by Crippen LogP contribution is 2.33. The Morgan fingerprint density at radius 3 is 2.70 bits per heavy atom. The van der Waals surface area contributed by atoms with Crippen molar-refractivity contribution in [1.29, 1.82) is 0 Å². The molecule has 1 fully saturated rings. The topological polar surface area (TPSA) is 68.9 Å². The average Bonchev–Trinajstić information content (AvgIpc) is 2.95. The third-order valence-electron chi connectivity index (χ3n) is 4.48. The van der Waals surface area contributed by atoms with Crippen molar-refractivity contribution in [3.63, 3.8) is 0 Å². The number of benzene rings is 1. The lowest BCUT2D eigenvalue weighted by atomic mass is 10.1. The van der Waals surface area contributed by atoms with Gasteiger partial charge in [0, 0.05) is 18.0 Å². The van der Waals surface area contributed by atoms with Gasteiger partial charge in [0.15, 0.2) is 17.5 Å². The van der Waals surface area contributed by atoms with Gasteiger partial charge >= 0.3 is 0 Å². The van der Waals surface area contributed by atoms with Crippen molar-refractivity contribution in [1.82, 2.24) is 5.32 Å². The summed E-state index contributed by atoms with van der Waals surface area (Å²) >= 11 is 0. The molecule has 0 amide bonds. The normalized spacial score (nSPS) is 19.7. The number of nitrogens with zero attached hydrogens (tertiary/aromatic N) is 1. The molecular formula is C18H27N3O2. The smallest absolute Gasteiger partial charge is 0.189 e. The van der Waals surface area contributed by atoms with Crippen molar-refractivity contribution in [3.8, 4) is 11.5 Å². The lowest BCUT2D eigenvalue weighted by molar-refractivity contribution is 0.296. The number of guanidine groups is 1. The van der Waals surface area contributed by atoms with E-state index in [1.807, 2.05) is 18.2 Å². The molecule has 1 aliphatic heterocycles. The minimum atomic E-state index is 0.466. The summed E-state index contributed by atoms with van der Waals surface area (Å²) in [7, 11) is 0. The Hall–Kier alpha value is -1.91. The van der Waals surface area contributed by atoms with E-state index in [9.17, 15) is 0 Å². The van der Waals surface area contributed by atoms with Gasteiger partial charge in [-0.1, -0.05) is 37.8 Å². The summed E-state index contributed by atoms with van der Waals surface area (Å²) in [5.41, 5.74) is 7.10. The van der Waals surface area contributed by atoms with Gasteiger partial charge in [-0.15, -0.1) is 0 Å². The summed E-state index contributed by atoms with van der Waals surface area (Å²) in [5.74, 6) is 2.16. The summed E-state index contributed by atoms with van der Waals surface area (Å²) in [6.07, 6.45) is 8.51. The van der Waals surface area contributed by atoms with E-state index in [0.717, 1.165) is 23.5 Å². The standard InChI is InChI=1S/C18H27N3O2/c19-18(21-15-8-3-1-2-4-9-15)20-13-14-7-5-10-16-17(14)23-12-6-11-22-16/h5,7,10,15H,1-4,6,8-9,11-13H2,(H3,19,20,21). The van der Waals surface area contributed by atoms with Crippen LogP contribution in [0.25, 0.3) is 0 Å². The molecule has 0 atom stereocenters. The van der Waals surface area contributed by atoms with Gasteiger partial charge in [-0.2, -0.15) is 0 Å². The van der Waals surface area contributed by atoms with Crippen molar-refractivity contribution in [2.75, 3.05) is 13.2 Å². The lowest BCUT2D eigenvalue weighted by Crippen LogP contribution is -2.39. The van der Waals surface area contributed by atoms with Gasteiger partial charge in [0.1, 0.15) is 0 Å². The first-order valence-corrected chi connectivity index (χ1v) is 8.77. The van der Waals surface area contributed by atoms with E-state index < -0.39 is 0 Å². The van der Waals surface area contributed by atoms with Crippen molar-refractivity contribution in [2.45, 2.75) is 57.5 Å². The van der Waals surface area contributed by atoms with Crippen LogP contribution in [-0.2, 0) is 6.54 Å². The summed E-state index contributed by atoms with van der Waals surface area (Å²) in [4.78, 5) is 4.51. The van der Waals surface area contributed by atoms with E-state index >= 15 is 0 Å². The number of hydrogen-bond acceptors (Lipinski definition) is 3. The second-order valence-corrected chi connectivity index (χ2v) is 6.33. The highest BCUT2D eigenvalue weighted by atomic mass is 16.5. The fraction of sp³-hybridized carbons (Fsp3) is 0.611. The third-order valence-corrected chi connectivity index (χ3v) is 4.48. The minimum absolute atomic E-state index is 0.466. The summed E-state index contributed by atoms with van der Waals surface area (Å²) in [6, 6.07) is 6.42. The molecule has 0 unspecified atom stereocenters. The zero-order valence-corrected chi connectivity index (χ0v) is 13.7. The molecule has 3 N–H and O–H groups in total. The minimum Gasteiger partial charge on any atom is -0.490 e. The van der Waals surface area contributed by atoms with Crippen LogP contribution >= 0.6 is 0 Å². The van der Waals surface area contributed by atoms with Crippen LogP contribution in [0, 0.1) is 0 Å². The Bertz CT molecular complexity index is 537. The van der Waals surface area contributed by atoms with Gasteiger partial charge in [0.25, 0.3) is 0 Å². The molecule has 1 heterocycles. The molecular weight excluding hydrogens is 290 g/mol. The molecule has 5 nitrogen and oxygen atoms in total. The molecule has 1 saturated carbocycles. The first kappa shape index (κ1) is 16.0. The van der Waals surface area contributed by atoms with Gasteiger partial charge in [-0.3, -0.25) is 0 Å². The van der Waals surface area contributed by atoms with E-state index in [-0.39, 0.29) is 0 Å². The van der Waals surface area contributed by atoms with Crippen LogP contribution in [0.5, 0.6) is 11.5 Å². The number of aliphatic imine (C=N–C) groups is 1. The monoisotopic (exact) mass is 317 g/mol. The zero-order chi connectivity index (χ0) is 15.9. The van der Waals surface area contributed by atoms with Crippen LogP contribution in [-0.4, -0.2) is 25.2 Å². The van der Waals surface area contributed by atoms with Crippen molar-refractivity contribution >= 4 is 5.96 Å². The van der Waals surface area contributed by atoms with E-state index in [2.05, 4.69) is 10.3 Å². The predicted molar refractivity (Wildman–Crippen MR) is 92.0 cm³/mol.